The largest absolute Gasteiger partial charge is 0.465 e. The molecule has 0 spiro atoms. The lowest BCUT2D eigenvalue weighted by atomic mass is 10.1. The molecule has 1 aromatic rings. The first-order chi connectivity index (χ1) is 11.0. The number of carbonyl (C=O) groups is 2. The Balaban J connectivity index is 1.81. The molecule has 126 valence electrons. The van der Waals surface area contributed by atoms with Crippen molar-refractivity contribution in [1.29, 1.82) is 0 Å². The average Bonchev–Trinajstić information content (AvgIpc) is 2.94. The van der Waals surface area contributed by atoms with Crippen LogP contribution in [0.2, 0.25) is 5.02 Å². The highest BCUT2D eigenvalue weighted by Gasteiger charge is 2.20. The molecule has 0 radical (unpaired) electrons. The normalized spacial score (nSPS) is 17.8. The summed E-state index contributed by atoms with van der Waals surface area (Å²) in [7, 11) is 3.41. The summed E-state index contributed by atoms with van der Waals surface area (Å²) in [5.74, 6) is -0.469. The van der Waals surface area contributed by atoms with Crippen LogP contribution in [0.5, 0.6) is 0 Å². The minimum atomic E-state index is -0.469. The maximum Gasteiger partial charge on any atom is 0.337 e. The molecule has 1 aromatic carbocycles. The third-order valence-electron chi connectivity index (χ3n) is 4.07. The molecule has 6 nitrogen and oxygen atoms in total. The number of nitrogens with one attached hydrogen (secondary N) is 2. The van der Waals surface area contributed by atoms with Crippen LogP contribution in [-0.4, -0.2) is 50.2 Å². The Morgan fingerprint density at radius 1 is 1.43 bits per heavy atom. The van der Waals surface area contributed by atoms with Gasteiger partial charge in [0.1, 0.15) is 0 Å². The first-order valence-electron chi connectivity index (χ1n) is 7.64. The number of urea groups is 1. The molecule has 0 aromatic heterocycles. The second-order valence-corrected chi connectivity index (χ2v) is 6.04. The van der Waals surface area contributed by atoms with Crippen molar-refractivity contribution >= 4 is 29.3 Å². The van der Waals surface area contributed by atoms with Gasteiger partial charge in [-0.2, -0.15) is 0 Å². The molecular formula is C16H22ClN3O3. The summed E-state index contributed by atoms with van der Waals surface area (Å²) < 4.78 is 4.62. The Morgan fingerprint density at radius 3 is 2.83 bits per heavy atom. The van der Waals surface area contributed by atoms with Crippen LogP contribution >= 0.6 is 11.6 Å². The lowest BCUT2D eigenvalue weighted by molar-refractivity contribution is 0.0600. The standard InChI is InChI=1S/C16H22ClN3O3/c1-20-9-3-4-12(20)7-8-18-16(22)19-14-6-5-11(10-13(14)17)15(21)23-2/h5-6,10,12H,3-4,7-9H2,1-2H3,(H2,18,19,22). The Bertz CT molecular complexity index is 580. The minimum absolute atomic E-state index is 0.290. The van der Waals surface area contributed by atoms with Crippen LogP contribution in [0.4, 0.5) is 10.5 Å². The molecule has 1 aliphatic rings. The number of likely N-dealkylation sites (tertiary alicyclic amines) is 1. The molecular weight excluding hydrogens is 318 g/mol. The van der Waals surface area contributed by atoms with Gasteiger partial charge < -0.3 is 20.3 Å². The quantitative estimate of drug-likeness (QED) is 0.809. The molecule has 0 saturated carbocycles. The molecule has 1 unspecified atom stereocenters. The summed E-state index contributed by atoms with van der Waals surface area (Å²) in [6.45, 7) is 1.73. The van der Waals surface area contributed by atoms with E-state index < -0.39 is 5.97 Å². The van der Waals surface area contributed by atoms with E-state index in [1.54, 1.807) is 12.1 Å². The fourth-order valence-corrected chi connectivity index (χ4v) is 2.95. The van der Waals surface area contributed by atoms with Crippen LogP contribution in [0.3, 0.4) is 0 Å². The Labute approximate surface area is 141 Å². The molecule has 2 rings (SSSR count). The molecule has 7 heteroatoms. The number of carbonyl (C=O) groups excluding carboxylic acids is 2. The zero-order valence-electron chi connectivity index (χ0n) is 13.4. The number of rotatable bonds is 5. The highest BCUT2D eigenvalue weighted by molar-refractivity contribution is 6.34. The number of hydrogen-bond acceptors (Lipinski definition) is 4. The first-order valence-corrected chi connectivity index (χ1v) is 8.02. The molecule has 0 bridgehead atoms. The SMILES string of the molecule is COC(=O)c1ccc(NC(=O)NCCC2CCCN2C)c(Cl)c1. The van der Waals surface area contributed by atoms with E-state index in [1.165, 1.54) is 26.0 Å². The molecule has 1 atom stereocenters. The van der Waals surface area contributed by atoms with E-state index in [2.05, 4.69) is 27.3 Å². The smallest absolute Gasteiger partial charge is 0.337 e. The van der Waals surface area contributed by atoms with Gasteiger partial charge in [0, 0.05) is 12.6 Å². The van der Waals surface area contributed by atoms with Gasteiger partial charge in [-0.1, -0.05) is 11.6 Å². The van der Waals surface area contributed by atoms with Gasteiger partial charge in [0.2, 0.25) is 0 Å². The van der Waals surface area contributed by atoms with Crippen LogP contribution in [-0.2, 0) is 4.74 Å². The molecule has 1 aliphatic heterocycles. The molecule has 1 heterocycles. The third-order valence-corrected chi connectivity index (χ3v) is 4.39. The van der Waals surface area contributed by atoms with Crippen LogP contribution in [0.25, 0.3) is 0 Å². The predicted octanol–water partition coefficient (Wildman–Crippen LogP) is 2.73. The number of amides is 2. The monoisotopic (exact) mass is 339 g/mol. The first kappa shape index (κ1) is 17.6. The molecule has 1 fully saturated rings. The zero-order chi connectivity index (χ0) is 16.8. The molecule has 2 N–H and O–H groups in total. The van der Waals surface area contributed by atoms with Gasteiger partial charge in [0.05, 0.1) is 23.4 Å². The van der Waals surface area contributed by atoms with Gasteiger partial charge in [0.25, 0.3) is 0 Å². The van der Waals surface area contributed by atoms with Crippen LogP contribution < -0.4 is 10.6 Å². The highest BCUT2D eigenvalue weighted by Crippen LogP contribution is 2.23. The van der Waals surface area contributed by atoms with Crippen molar-refractivity contribution in [3.05, 3.63) is 28.8 Å². The van der Waals surface area contributed by atoms with Crippen molar-refractivity contribution in [1.82, 2.24) is 10.2 Å². The maximum atomic E-state index is 11.9. The summed E-state index contributed by atoms with van der Waals surface area (Å²) >= 11 is 6.07. The number of halogens is 1. The molecule has 1 saturated heterocycles. The van der Waals surface area contributed by atoms with Crippen molar-refractivity contribution in [2.75, 3.05) is 32.6 Å². The van der Waals surface area contributed by atoms with Crippen molar-refractivity contribution in [2.45, 2.75) is 25.3 Å². The number of methoxy groups -OCH3 is 1. The Hall–Kier alpha value is -1.79. The maximum absolute atomic E-state index is 11.9. The fraction of sp³-hybridized carbons (Fsp3) is 0.500. The van der Waals surface area contributed by atoms with Crippen LogP contribution in [0, 0.1) is 0 Å². The Kier molecular flexibility index (Phi) is 6.24. The van der Waals surface area contributed by atoms with Gasteiger partial charge in [-0.15, -0.1) is 0 Å². The van der Waals surface area contributed by atoms with Crippen molar-refractivity contribution in [2.24, 2.45) is 0 Å². The van der Waals surface area contributed by atoms with Gasteiger partial charge in [-0.05, 0) is 51.1 Å². The second kappa shape index (κ2) is 8.17. The van der Waals surface area contributed by atoms with Crippen LogP contribution in [0.1, 0.15) is 29.6 Å². The number of nitrogens with zero attached hydrogens (tertiary/aromatic N) is 1. The number of esters is 1. The molecule has 0 aliphatic carbocycles. The Morgan fingerprint density at radius 2 is 2.22 bits per heavy atom. The van der Waals surface area contributed by atoms with Crippen molar-refractivity contribution in [3.63, 3.8) is 0 Å². The van der Waals surface area contributed by atoms with E-state index in [4.69, 9.17) is 11.6 Å². The number of ether oxygens (including phenoxy) is 1. The van der Waals surface area contributed by atoms with E-state index >= 15 is 0 Å². The van der Waals surface area contributed by atoms with Gasteiger partial charge in [0.15, 0.2) is 0 Å². The number of anilines is 1. The van der Waals surface area contributed by atoms with Gasteiger partial charge in [-0.3, -0.25) is 0 Å². The number of benzene rings is 1. The van der Waals surface area contributed by atoms with Gasteiger partial charge >= 0.3 is 12.0 Å². The zero-order valence-corrected chi connectivity index (χ0v) is 14.2. The fourth-order valence-electron chi connectivity index (χ4n) is 2.72. The summed E-state index contributed by atoms with van der Waals surface area (Å²) in [4.78, 5) is 25.6. The molecule has 23 heavy (non-hydrogen) atoms. The minimum Gasteiger partial charge on any atom is -0.465 e. The average molecular weight is 340 g/mol. The van der Waals surface area contributed by atoms with E-state index in [9.17, 15) is 9.59 Å². The summed E-state index contributed by atoms with van der Waals surface area (Å²) in [6.07, 6.45) is 3.33. The van der Waals surface area contributed by atoms with Gasteiger partial charge in [-0.25, -0.2) is 9.59 Å². The van der Waals surface area contributed by atoms with Crippen molar-refractivity contribution < 1.29 is 14.3 Å². The summed E-state index contributed by atoms with van der Waals surface area (Å²) in [5.41, 5.74) is 0.794. The highest BCUT2D eigenvalue weighted by atomic mass is 35.5. The second-order valence-electron chi connectivity index (χ2n) is 5.63. The summed E-state index contributed by atoms with van der Waals surface area (Å²) in [5, 5.41) is 5.80. The van der Waals surface area contributed by atoms with E-state index in [0.29, 0.717) is 28.9 Å². The lowest BCUT2D eigenvalue weighted by Crippen LogP contribution is -2.34. The van der Waals surface area contributed by atoms with Crippen molar-refractivity contribution in [3.8, 4) is 0 Å². The van der Waals surface area contributed by atoms with E-state index in [-0.39, 0.29) is 6.03 Å². The van der Waals surface area contributed by atoms with E-state index in [0.717, 1.165) is 13.0 Å². The number of hydrogen-bond donors (Lipinski definition) is 2. The van der Waals surface area contributed by atoms with E-state index in [1.807, 2.05) is 0 Å². The van der Waals surface area contributed by atoms with Crippen LogP contribution in [0.15, 0.2) is 18.2 Å². The predicted molar refractivity (Wildman–Crippen MR) is 90.1 cm³/mol. The summed E-state index contributed by atoms with van der Waals surface area (Å²) in [6, 6.07) is 4.84. The third kappa shape index (κ3) is 4.84. The molecule has 2 amide bonds. The lowest BCUT2D eigenvalue weighted by Gasteiger charge is -2.19. The topological polar surface area (TPSA) is 70.7 Å².